The first-order valence-electron chi connectivity index (χ1n) is 7.35. The summed E-state index contributed by atoms with van der Waals surface area (Å²) in [5, 5.41) is 11.7. The summed E-state index contributed by atoms with van der Waals surface area (Å²) in [5.74, 6) is 0.701. The summed E-state index contributed by atoms with van der Waals surface area (Å²) in [6.07, 6.45) is 8.52. The van der Waals surface area contributed by atoms with Crippen molar-refractivity contribution in [1.82, 2.24) is 10.2 Å². The molecule has 0 bridgehead atoms. The lowest BCUT2D eigenvalue weighted by Crippen LogP contribution is -2.23. The molecule has 1 aromatic rings. The molecule has 2 fully saturated rings. The minimum Gasteiger partial charge on any atom is -0.328 e. The molecule has 1 unspecified atom stereocenters. The van der Waals surface area contributed by atoms with E-state index in [4.69, 9.17) is 5.26 Å². The maximum absolute atomic E-state index is 11.5. The first kappa shape index (κ1) is 13.0. The number of nitriles is 1. The molecule has 4 heteroatoms. The Morgan fingerprint density at radius 1 is 1.10 bits per heavy atom. The zero-order valence-electron chi connectivity index (χ0n) is 11.5. The van der Waals surface area contributed by atoms with Crippen molar-refractivity contribution >= 4 is 6.03 Å². The average molecular weight is 269 g/mol. The van der Waals surface area contributed by atoms with Crippen LogP contribution in [0.4, 0.5) is 4.79 Å². The van der Waals surface area contributed by atoms with Crippen LogP contribution >= 0.6 is 0 Å². The molecular formula is C16H19N3O. The quantitative estimate of drug-likeness (QED) is 0.838. The van der Waals surface area contributed by atoms with Crippen LogP contribution < -0.4 is 5.32 Å². The lowest BCUT2D eigenvalue weighted by atomic mass is 9.84. The van der Waals surface area contributed by atoms with Crippen LogP contribution in [0, 0.1) is 11.5 Å². The fourth-order valence-electron chi connectivity index (χ4n) is 3.25. The number of nitrogens with one attached hydrogen (secondary N) is 1. The van der Waals surface area contributed by atoms with Crippen LogP contribution in [0.1, 0.15) is 55.2 Å². The molecule has 1 aliphatic heterocycles. The Kier molecular flexibility index (Phi) is 3.60. The van der Waals surface area contributed by atoms with Crippen LogP contribution in [0.2, 0.25) is 0 Å². The van der Waals surface area contributed by atoms with Gasteiger partial charge in [-0.1, -0.05) is 43.5 Å². The highest BCUT2D eigenvalue weighted by Gasteiger charge is 2.29. The van der Waals surface area contributed by atoms with E-state index in [2.05, 4.69) is 29.6 Å². The van der Waals surface area contributed by atoms with E-state index in [-0.39, 0.29) is 12.1 Å². The summed E-state index contributed by atoms with van der Waals surface area (Å²) in [5.41, 5.74) is 2.49. The number of rotatable bonds is 2. The maximum atomic E-state index is 11.5. The summed E-state index contributed by atoms with van der Waals surface area (Å²) in [7, 11) is 0. The highest BCUT2D eigenvalue weighted by molar-refractivity contribution is 5.78. The molecule has 0 aromatic heterocycles. The summed E-state index contributed by atoms with van der Waals surface area (Å²) >= 11 is 0. The second-order valence-corrected chi connectivity index (χ2v) is 5.71. The molecule has 1 saturated heterocycles. The minimum absolute atomic E-state index is 0.0671. The van der Waals surface area contributed by atoms with Crippen molar-refractivity contribution in [3.63, 3.8) is 0 Å². The number of urea groups is 1. The average Bonchev–Trinajstić information content (AvgIpc) is 2.89. The van der Waals surface area contributed by atoms with Crippen LogP contribution in [-0.4, -0.2) is 17.5 Å². The van der Waals surface area contributed by atoms with Crippen LogP contribution in [0.15, 0.2) is 24.3 Å². The van der Waals surface area contributed by atoms with Gasteiger partial charge in [-0.25, -0.2) is 9.69 Å². The smallest absolute Gasteiger partial charge is 0.328 e. The topological polar surface area (TPSA) is 56.1 Å². The molecule has 1 atom stereocenters. The molecule has 1 N–H and O–H groups in total. The molecule has 4 nitrogen and oxygen atoms in total. The maximum Gasteiger partial charge on any atom is 0.331 e. The summed E-state index contributed by atoms with van der Waals surface area (Å²) < 4.78 is 0. The Morgan fingerprint density at radius 2 is 1.75 bits per heavy atom. The van der Waals surface area contributed by atoms with Crippen molar-refractivity contribution in [3.05, 3.63) is 35.4 Å². The van der Waals surface area contributed by atoms with Gasteiger partial charge in [0.1, 0.15) is 0 Å². The Hall–Kier alpha value is -2.02. The molecule has 1 aliphatic carbocycles. The summed E-state index contributed by atoms with van der Waals surface area (Å²) in [6.45, 7) is 0.429. The molecule has 0 radical (unpaired) electrons. The molecular weight excluding hydrogens is 250 g/mol. The molecule has 2 amide bonds. The first-order chi connectivity index (χ1) is 9.78. The largest absolute Gasteiger partial charge is 0.331 e. The standard InChI is InChI=1S/C16H19N3O/c17-11-19-10-15(18-16(19)20)14-8-6-13(7-9-14)12-4-2-1-3-5-12/h6-9,12,15H,1-5,10H2,(H,18,20). The first-order valence-corrected chi connectivity index (χ1v) is 7.35. The third-order valence-electron chi connectivity index (χ3n) is 4.44. The fourth-order valence-corrected chi connectivity index (χ4v) is 3.25. The van der Waals surface area contributed by atoms with Gasteiger partial charge in [0, 0.05) is 0 Å². The van der Waals surface area contributed by atoms with Gasteiger partial charge in [-0.2, -0.15) is 5.26 Å². The molecule has 104 valence electrons. The predicted octanol–water partition coefficient (Wildman–Crippen LogP) is 3.28. The van der Waals surface area contributed by atoms with Gasteiger partial charge in [0.2, 0.25) is 0 Å². The lowest BCUT2D eigenvalue weighted by Gasteiger charge is -2.22. The minimum atomic E-state index is -0.297. The normalized spacial score (nSPS) is 23.4. The summed E-state index contributed by atoms with van der Waals surface area (Å²) in [4.78, 5) is 12.7. The zero-order valence-corrected chi connectivity index (χ0v) is 11.5. The van der Waals surface area contributed by atoms with Crippen LogP contribution in [-0.2, 0) is 0 Å². The Bertz CT molecular complexity index is 526. The third kappa shape index (κ3) is 2.49. The second-order valence-electron chi connectivity index (χ2n) is 5.71. The number of carbonyl (C=O) groups is 1. The van der Waals surface area contributed by atoms with E-state index < -0.39 is 0 Å². The lowest BCUT2D eigenvalue weighted by molar-refractivity contribution is 0.232. The van der Waals surface area contributed by atoms with Gasteiger partial charge in [0.05, 0.1) is 12.6 Å². The molecule has 20 heavy (non-hydrogen) atoms. The van der Waals surface area contributed by atoms with Gasteiger partial charge in [-0.15, -0.1) is 0 Å². The zero-order chi connectivity index (χ0) is 13.9. The number of amides is 2. The number of benzene rings is 1. The van der Waals surface area contributed by atoms with Gasteiger partial charge in [0.25, 0.3) is 0 Å². The van der Waals surface area contributed by atoms with E-state index >= 15 is 0 Å². The second kappa shape index (κ2) is 5.54. The van der Waals surface area contributed by atoms with Crippen molar-refractivity contribution in [3.8, 4) is 6.19 Å². The summed E-state index contributed by atoms with van der Waals surface area (Å²) in [6, 6.07) is 8.20. The van der Waals surface area contributed by atoms with Gasteiger partial charge < -0.3 is 5.32 Å². The van der Waals surface area contributed by atoms with Gasteiger partial charge in [-0.3, -0.25) is 0 Å². The predicted molar refractivity (Wildman–Crippen MR) is 75.9 cm³/mol. The van der Waals surface area contributed by atoms with Crippen molar-refractivity contribution in [2.45, 2.75) is 44.1 Å². The Morgan fingerprint density at radius 3 is 2.35 bits per heavy atom. The number of carbonyl (C=O) groups excluding carboxylic acids is 1. The van der Waals surface area contributed by atoms with E-state index in [1.807, 2.05) is 6.19 Å². The molecule has 2 aliphatic rings. The molecule has 3 rings (SSSR count). The molecule has 1 saturated carbocycles. The Labute approximate surface area is 119 Å². The van der Waals surface area contributed by atoms with Crippen molar-refractivity contribution in [2.75, 3.05) is 6.54 Å². The van der Waals surface area contributed by atoms with E-state index in [1.165, 1.54) is 42.6 Å². The Balaban J connectivity index is 1.70. The van der Waals surface area contributed by atoms with Crippen LogP contribution in [0.5, 0.6) is 0 Å². The van der Waals surface area contributed by atoms with E-state index in [0.29, 0.717) is 12.5 Å². The SMILES string of the molecule is N#CN1CC(c2ccc(C3CCCCC3)cc2)NC1=O. The number of nitrogens with zero attached hydrogens (tertiary/aromatic N) is 2. The number of hydrogen-bond acceptors (Lipinski definition) is 2. The van der Waals surface area contributed by atoms with Gasteiger partial charge in [-0.05, 0) is 29.9 Å². The van der Waals surface area contributed by atoms with Gasteiger partial charge >= 0.3 is 6.03 Å². The van der Waals surface area contributed by atoms with Crippen molar-refractivity contribution in [1.29, 1.82) is 5.26 Å². The van der Waals surface area contributed by atoms with Crippen LogP contribution in [0.25, 0.3) is 0 Å². The van der Waals surface area contributed by atoms with Gasteiger partial charge in [0.15, 0.2) is 6.19 Å². The number of hydrogen-bond donors (Lipinski definition) is 1. The molecule has 1 aromatic carbocycles. The highest BCUT2D eigenvalue weighted by atomic mass is 16.2. The fraction of sp³-hybridized carbons (Fsp3) is 0.500. The third-order valence-corrected chi connectivity index (χ3v) is 4.44. The molecule has 1 heterocycles. The monoisotopic (exact) mass is 269 g/mol. The molecule has 0 spiro atoms. The van der Waals surface area contributed by atoms with Crippen molar-refractivity contribution in [2.24, 2.45) is 0 Å². The van der Waals surface area contributed by atoms with Crippen LogP contribution in [0.3, 0.4) is 0 Å². The van der Waals surface area contributed by atoms with E-state index in [0.717, 1.165) is 5.56 Å². The van der Waals surface area contributed by atoms with E-state index in [1.54, 1.807) is 0 Å². The highest BCUT2D eigenvalue weighted by Crippen LogP contribution is 2.33. The van der Waals surface area contributed by atoms with E-state index in [9.17, 15) is 4.79 Å². The van der Waals surface area contributed by atoms with Crippen molar-refractivity contribution < 1.29 is 4.79 Å².